The molecule has 1 nitrogen and oxygen atoms in total. The van der Waals surface area contributed by atoms with Crippen LogP contribution in [0, 0.1) is 17.8 Å². The fourth-order valence-electron chi connectivity index (χ4n) is 3.20. The molecule has 23 heavy (non-hydrogen) atoms. The molecule has 0 aliphatic carbocycles. The number of carbonyl (C=O) groups excluding carboxylic acids is 1. The maximum Gasteiger partial charge on any atom is 0.135 e. The van der Waals surface area contributed by atoms with Crippen LogP contribution in [0.15, 0.2) is 24.3 Å². The van der Waals surface area contributed by atoms with Crippen LogP contribution in [0.4, 0.5) is 0 Å². The first-order valence-corrected chi connectivity index (χ1v) is 9.58. The minimum absolute atomic E-state index is 0.155. The topological polar surface area (TPSA) is 17.1 Å². The number of hydrogen-bond donors (Lipinski definition) is 0. The molecule has 1 unspecified atom stereocenters. The molecule has 130 valence electrons. The molecule has 0 N–H and O–H groups in total. The standard InChI is InChI=1S/C22H36O/c1-6-8-9-11-18(5)21(16-22(23)17(3)4)15-20-13-10-12-19(7-2)14-20/h10,12-14,17-18,21H,6-9,11,15-16H2,1-5H3/t18?,21-/m1/s1. The van der Waals surface area contributed by atoms with Gasteiger partial charge >= 0.3 is 0 Å². The van der Waals surface area contributed by atoms with Crippen LogP contribution >= 0.6 is 0 Å². The lowest BCUT2D eigenvalue weighted by Gasteiger charge is -2.25. The Labute approximate surface area is 143 Å². The molecule has 1 heteroatoms. The Balaban J connectivity index is 2.78. The predicted octanol–water partition coefficient (Wildman–Crippen LogP) is 6.24. The molecule has 0 aliphatic heterocycles. The Morgan fingerprint density at radius 2 is 1.74 bits per heavy atom. The van der Waals surface area contributed by atoms with Gasteiger partial charge in [-0.25, -0.2) is 0 Å². The Hall–Kier alpha value is -1.11. The largest absolute Gasteiger partial charge is 0.299 e. The van der Waals surface area contributed by atoms with Crippen molar-refractivity contribution in [3.05, 3.63) is 35.4 Å². The van der Waals surface area contributed by atoms with Gasteiger partial charge in [0.2, 0.25) is 0 Å². The van der Waals surface area contributed by atoms with Gasteiger partial charge < -0.3 is 0 Å². The van der Waals surface area contributed by atoms with E-state index < -0.39 is 0 Å². The van der Waals surface area contributed by atoms with Gasteiger partial charge in [0.05, 0.1) is 0 Å². The molecular weight excluding hydrogens is 280 g/mol. The van der Waals surface area contributed by atoms with Crippen LogP contribution in [0.5, 0.6) is 0 Å². The molecule has 0 amide bonds. The van der Waals surface area contributed by atoms with Crippen LogP contribution in [0.3, 0.4) is 0 Å². The molecule has 1 aromatic carbocycles. The number of unbranched alkanes of at least 4 members (excludes halogenated alkanes) is 2. The van der Waals surface area contributed by atoms with E-state index in [0.717, 1.165) is 19.3 Å². The first-order valence-electron chi connectivity index (χ1n) is 9.58. The van der Waals surface area contributed by atoms with Crippen molar-refractivity contribution in [3.8, 4) is 0 Å². The second-order valence-corrected chi connectivity index (χ2v) is 7.44. The second-order valence-electron chi connectivity index (χ2n) is 7.44. The molecule has 0 saturated carbocycles. The van der Waals surface area contributed by atoms with Crippen LogP contribution in [0.2, 0.25) is 0 Å². The molecular formula is C22H36O. The Morgan fingerprint density at radius 3 is 2.35 bits per heavy atom. The van der Waals surface area contributed by atoms with Gasteiger partial charge in [0.1, 0.15) is 5.78 Å². The average molecular weight is 317 g/mol. The number of carbonyl (C=O) groups is 1. The smallest absolute Gasteiger partial charge is 0.135 e. The van der Waals surface area contributed by atoms with Gasteiger partial charge in [-0.1, -0.05) is 84.6 Å². The molecule has 0 heterocycles. The summed E-state index contributed by atoms with van der Waals surface area (Å²) in [6.45, 7) is 10.8. The lowest BCUT2D eigenvalue weighted by molar-refractivity contribution is -0.123. The van der Waals surface area contributed by atoms with Gasteiger partial charge in [0.15, 0.2) is 0 Å². The third kappa shape index (κ3) is 7.33. The summed E-state index contributed by atoms with van der Waals surface area (Å²) in [5, 5.41) is 0. The van der Waals surface area contributed by atoms with Gasteiger partial charge in [-0.3, -0.25) is 4.79 Å². The van der Waals surface area contributed by atoms with Crippen molar-refractivity contribution in [1.29, 1.82) is 0 Å². The van der Waals surface area contributed by atoms with Crippen LogP contribution in [0.25, 0.3) is 0 Å². The zero-order chi connectivity index (χ0) is 17.2. The highest BCUT2D eigenvalue weighted by molar-refractivity contribution is 5.80. The fraction of sp³-hybridized carbons (Fsp3) is 0.682. The number of benzene rings is 1. The molecule has 0 aliphatic rings. The molecule has 0 saturated heterocycles. The Kier molecular flexibility index (Phi) is 9.21. The lowest BCUT2D eigenvalue weighted by atomic mass is 9.80. The number of ketones is 1. The summed E-state index contributed by atoms with van der Waals surface area (Å²) in [7, 11) is 0. The highest BCUT2D eigenvalue weighted by Crippen LogP contribution is 2.27. The first-order chi connectivity index (χ1) is 11.0. The summed E-state index contributed by atoms with van der Waals surface area (Å²) >= 11 is 0. The third-order valence-corrected chi connectivity index (χ3v) is 5.07. The molecule has 1 aromatic rings. The molecule has 0 fully saturated rings. The number of hydrogen-bond acceptors (Lipinski definition) is 1. The number of aryl methyl sites for hydroxylation is 1. The van der Waals surface area contributed by atoms with Crippen molar-refractivity contribution in [2.45, 2.75) is 79.6 Å². The average Bonchev–Trinajstić information content (AvgIpc) is 2.54. The maximum absolute atomic E-state index is 12.3. The SMILES string of the molecule is CCCCCC(C)[C@@H](CC(=O)C(C)C)Cc1cccc(CC)c1. The lowest BCUT2D eigenvalue weighted by Crippen LogP contribution is -2.21. The van der Waals surface area contributed by atoms with Gasteiger partial charge in [0, 0.05) is 12.3 Å². The summed E-state index contributed by atoms with van der Waals surface area (Å²) in [6, 6.07) is 8.91. The van der Waals surface area contributed by atoms with Crippen molar-refractivity contribution >= 4 is 5.78 Å². The molecule has 0 bridgehead atoms. The van der Waals surface area contributed by atoms with Crippen LogP contribution in [-0.2, 0) is 17.6 Å². The van der Waals surface area contributed by atoms with E-state index in [0.29, 0.717) is 17.6 Å². The van der Waals surface area contributed by atoms with E-state index in [1.165, 1.54) is 36.8 Å². The monoisotopic (exact) mass is 316 g/mol. The van der Waals surface area contributed by atoms with Crippen LogP contribution in [0.1, 0.15) is 77.8 Å². The van der Waals surface area contributed by atoms with Gasteiger partial charge in [-0.2, -0.15) is 0 Å². The normalized spacial score (nSPS) is 14.0. The van der Waals surface area contributed by atoms with Crippen molar-refractivity contribution in [3.63, 3.8) is 0 Å². The van der Waals surface area contributed by atoms with Gasteiger partial charge in [-0.05, 0) is 35.8 Å². The summed E-state index contributed by atoms with van der Waals surface area (Å²) in [6.07, 6.45) is 7.97. The third-order valence-electron chi connectivity index (χ3n) is 5.07. The Morgan fingerprint density at radius 1 is 1.04 bits per heavy atom. The van der Waals surface area contributed by atoms with Crippen molar-refractivity contribution in [2.75, 3.05) is 0 Å². The molecule has 2 atom stereocenters. The quantitative estimate of drug-likeness (QED) is 0.442. The minimum atomic E-state index is 0.155. The van der Waals surface area contributed by atoms with Crippen molar-refractivity contribution in [1.82, 2.24) is 0 Å². The van der Waals surface area contributed by atoms with E-state index >= 15 is 0 Å². The number of rotatable bonds is 11. The summed E-state index contributed by atoms with van der Waals surface area (Å²) < 4.78 is 0. The van der Waals surface area contributed by atoms with Crippen LogP contribution in [-0.4, -0.2) is 5.78 Å². The first kappa shape index (κ1) is 19.9. The maximum atomic E-state index is 12.3. The zero-order valence-electron chi connectivity index (χ0n) is 15.9. The number of Topliss-reactive ketones (excluding diaryl/α,β-unsaturated/α-hetero) is 1. The molecule has 1 rings (SSSR count). The highest BCUT2D eigenvalue weighted by Gasteiger charge is 2.22. The summed E-state index contributed by atoms with van der Waals surface area (Å²) in [5.74, 6) is 1.68. The van der Waals surface area contributed by atoms with Crippen molar-refractivity contribution in [2.24, 2.45) is 17.8 Å². The minimum Gasteiger partial charge on any atom is -0.299 e. The molecule has 0 spiro atoms. The zero-order valence-corrected chi connectivity index (χ0v) is 15.9. The van der Waals surface area contributed by atoms with E-state index in [2.05, 4.69) is 45.0 Å². The van der Waals surface area contributed by atoms with Gasteiger partial charge in [0.25, 0.3) is 0 Å². The van der Waals surface area contributed by atoms with E-state index in [-0.39, 0.29) is 5.92 Å². The molecule has 0 aromatic heterocycles. The second kappa shape index (κ2) is 10.6. The van der Waals surface area contributed by atoms with E-state index in [1.54, 1.807) is 0 Å². The highest BCUT2D eigenvalue weighted by atomic mass is 16.1. The van der Waals surface area contributed by atoms with E-state index in [4.69, 9.17) is 0 Å². The fourth-order valence-corrected chi connectivity index (χ4v) is 3.20. The van der Waals surface area contributed by atoms with E-state index in [9.17, 15) is 4.79 Å². The van der Waals surface area contributed by atoms with Crippen molar-refractivity contribution < 1.29 is 4.79 Å². The molecule has 0 radical (unpaired) electrons. The summed E-state index contributed by atoms with van der Waals surface area (Å²) in [4.78, 5) is 12.3. The van der Waals surface area contributed by atoms with Gasteiger partial charge in [-0.15, -0.1) is 0 Å². The van der Waals surface area contributed by atoms with E-state index in [1.807, 2.05) is 13.8 Å². The van der Waals surface area contributed by atoms with Crippen LogP contribution < -0.4 is 0 Å². The predicted molar refractivity (Wildman–Crippen MR) is 101 cm³/mol. The Bertz CT molecular complexity index is 461. The summed E-state index contributed by atoms with van der Waals surface area (Å²) in [5.41, 5.74) is 2.79.